The SMILES string of the molecule is COc1cc(N)cc2c1CCC2=O. The molecule has 3 nitrogen and oxygen atoms in total. The molecule has 0 atom stereocenters. The zero-order valence-electron chi connectivity index (χ0n) is 7.46. The monoisotopic (exact) mass is 177 g/mol. The molecule has 0 radical (unpaired) electrons. The van der Waals surface area contributed by atoms with Crippen LogP contribution in [0.3, 0.4) is 0 Å². The molecule has 0 fully saturated rings. The van der Waals surface area contributed by atoms with Crippen molar-refractivity contribution < 1.29 is 9.53 Å². The minimum Gasteiger partial charge on any atom is -0.496 e. The highest BCUT2D eigenvalue weighted by Crippen LogP contribution is 2.32. The number of fused-ring (bicyclic) bond motifs is 1. The molecule has 13 heavy (non-hydrogen) atoms. The standard InChI is InChI=1S/C10H11NO2/c1-13-10-5-6(11)4-8-7(10)2-3-9(8)12/h4-5H,2-3,11H2,1H3. The van der Waals surface area contributed by atoms with E-state index in [1.807, 2.05) is 0 Å². The highest BCUT2D eigenvalue weighted by Gasteiger charge is 2.23. The van der Waals surface area contributed by atoms with Gasteiger partial charge in [-0.05, 0) is 12.5 Å². The molecule has 0 unspecified atom stereocenters. The number of Topliss-reactive ketones (excluding diaryl/α,β-unsaturated/α-hetero) is 1. The van der Waals surface area contributed by atoms with Crippen LogP contribution in [-0.4, -0.2) is 12.9 Å². The maximum Gasteiger partial charge on any atom is 0.163 e. The second kappa shape index (κ2) is 2.76. The number of benzene rings is 1. The van der Waals surface area contributed by atoms with E-state index in [1.54, 1.807) is 19.2 Å². The lowest BCUT2D eigenvalue weighted by Crippen LogP contribution is -1.97. The van der Waals surface area contributed by atoms with Crippen molar-refractivity contribution in [3.8, 4) is 5.75 Å². The van der Waals surface area contributed by atoms with Gasteiger partial charge in [0, 0.05) is 29.3 Å². The smallest absolute Gasteiger partial charge is 0.163 e. The third kappa shape index (κ3) is 1.16. The fourth-order valence-electron chi connectivity index (χ4n) is 1.73. The normalized spacial score (nSPS) is 14.4. The molecule has 0 aromatic heterocycles. The van der Waals surface area contributed by atoms with Crippen molar-refractivity contribution in [1.82, 2.24) is 0 Å². The van der Waals surface area contributed by atoms with E-state index in [0.29, 0.717) is 12.1 Å². The third-order valence-electron chi connectivity index (χ3n) is 2.35. The lowest BCUT2D eigenvalue weighted by Gasteiger charge is -2.07. The van der Waals surface area contributed by atoms with Crippen LogP contribution in [-0.2, 0) is 6.42 Å². The van der Waals surface area contributed by atoms with Crippen molar-refractivity contribution in [1.29, 1.82) is 0 Å². The summed E-state index contributed by atoms with van der Waals surface area (Å²) < 4.78 is 5.15. The largest absolute Gasteiger partial charge is 0.496 e. The van der Waals surface area contributed by atoms with Gasteiger partial charge in [-0.1, -0.05) is 0 Å². The predicted octanol–water partition coefficient (Wildman–Crippen LogP) is 1.41. The van der Waals surface area contributed by atoms with Gasteiger partial charge in [-0.2, -0.15) is 0 Å². The summed E-state index contributed by atoms with van der Waals surface area (Å²) in [5.41, 5.74) is 7.96. The molecule has 1 aliphatic carbocycles. The Morgan fingerprint density at radius 3 is 2.85 bits per heavy atom. The van der Waals surface area contributed by atoms with Crippen LogP contribution in [0.25, 0.3) is 0 Å². The molecule has 68 valence electrons. The molecule has 0 amide bonds. The van der Waals surface area contributed by atoms with E-state index in [9.17, 15) is 4.79 Å². The van der Waals surface area contributed by atoms with Crippen molar-refractivity contribution in [2.45, 2.75) is 12.8 Å². The molecule has 0 spiro atoms. The first-order valence-electron chi connectivity index (χ1n) is 4.22. The lowest BCUT2D eigenvalue weighted by molar-refractivity contribution is 0.0994. The summed E-state index contributed by atoms with van der Waals surface area (Å²) in [6.07, 6.45) is 1.35. The first-order valence-corrected chi connectivity index (χ1v) is 4.22. The zero-order valence-corrected chi connectivity index (χ0v) is 7.46. The summed E-state index contributed by atoms with van der Waals surface area (Å²) in [6, 6.07) is 3.49. The minimum atomic E-state index is 0.167. The number of hydrogen-bond acceptors (Lipinski definition) is 3. The number of carbonyl (C=O) groups is 1. The van der Waals surface area contributed by atoms with E-state index >= 15 is 0 Å². The lowest BCUT2D eigenvalue weighted by atomic mass is 10.1. The highest BCUT2D eigenvalue weighted by molar-refractivity contribution is 6.02. The Balaban J connectivity index is 2.63. The number of ether oxygens (including phenoxy) is 1. The summed E-state index contributed by atoms with van der Waals surface area (Å²) in [6.45, 7) is 0. The van der Waals surface area contributed by atoms with Gasteiger partial charge in [0.05, 0.1) is 7.11 Å². The van der Waals surface area contributed by atoms with Gasteiger partial charge in [0.25, 0.3) is 0 Å². The molecule has 1 aromatic rings. The van der Waals surface area contributed by atoms with Gasteiger partial charge in [0.1, 0.15) is 5.75 Å². The number of carbonyl (C=O) groups excluding carboxylic acids is 1. The summed E-state index contributed by atoms with van der Waals surface area (Å²) in [4.78, 5) is 11.4. The maximum absolute atomic E-state index is 11.4. The second-order valence-electron chi connectivity index (χ2n) is 3.17. The summed E-state index contributed by atoms with van der Waals surface area (Å²) in [7, 11) is 1.60. The topological polar surface area (TPSA) is 52.3 Å². The number of nitrogen functional groups attached to an aromatic ring is 1. The third-order valence-corrected chi connectivity index (χ3v) is 2.35. The summed E-state index contributed by atoms with van der Waals surface area (Å²) >= 11 is 0. The summed E-state index contributed by atoms with van der Waals surface area (Å²) in [5.74, 6) is 0.904. The molecular formula is C10H11NO2. The Bertz CT molecular complexity index is 371. The average Bonchev–Trinajstić information content (AvgIpc) is 2.47. The Kier molecular flexibility index (Phi) is 1.72. The van der Waals surface area contributed by atoms with Gasteiger partial charge in [0.2, 0.25) is 0 Å². The van der Waals surface area contributed by atoms with Crippen LogP contribution < -0.4 is 10.5 Å². The number of hydrogen-bond donors (Lipinski definition) is 1. The van der Waals surface area contributed by atoms with Crippen LogP contribution in [0, 0.1) is 0 Å². The van der Waals surface area contributed by atoms with Crippen molar-refractivity contribution in [2.75, 3.05) is 12.8 Å². The molecule has 0 aliphatic heterocycles. The minimum absolute atomic E-state index is 0.167. The second-order valence-corrected chi connectivity index (χ2v) is 3.17. The highest BCUT2D eigenvalue weighted by atomic mass is 16.5. The van der Waals surface area contributed by atoms with Gasteiger partial charge in [-0.25, -0.2) is 0 Å². The fourth-order valence-corrected chi connectivity index (χ4v) is 1.73. The molecule has 2 N–H and O–H groups in total. The van der Waals surface area contributed by atoms with Crippen molar-refractivity contribution in [3.05, 3.63) is 23.3 Å². The number of methoxy groups -OCH3 is 1. The van der Waals surface area contributed by atoms with Crippen LogP contribution in [0.4, 0.5) is 5.69 Å². The van der Waals surface area contributed by atoms with E-state index in [-0.39, 0.29) is 5.78 Å². The molecule has 2 rings (SSSR count). The van der Waals surface area contributed by atoms with Crippen molar-refractivity contribution in [2.24, 2.45) is 0 Å². The van der Waals surface area contributed by atoms with E-state index < -0.39 is 0 Å². The van der Waals surface area contributed by atoms with E-state index in [4.69, 9.17) is 10.5 Å². The Morgan fingerprint density at radius 2 is 2.15 bits per heavy atom. The average molecular weight is 177 g/mol. The quantitative estimate of drug-likeness (QED) is 0.660. The number of ketones is 1. The van der Waals surface area contributed by atoms with E-state index in [0.717, 1.165) is 23.3 Å². The number of nitrogens with two attached hydrogens (primary N) is 1. The maximum atomic E-state index is 11.4. The molecule has 1 aromatic carbocycles. The van der Waals surface area contributed by atoms with Gasteiger partial charge in [-0.3, -0.25) is 4.79 Å². The van der Waals surface area contributed by atoms with E-state index in [2.05, 4.69) is 0 Å². The van der Waals surface area contributed by atoms with Crippen LogP contribution in [0.1, 0.15) is 22.3 Å². The number of anilines is 1. The van der Waals surface area contributed by atoms with Crippen LogP contribution in [0.2, 0.25) is 0 Å². The molecule has 3 heteroatoms. The van der Waals surface area contributed by atoms with Gasteiger partial charge in [-0.15, -0.1) is 0 Å². The predicted molar refractivity (Wildman–Crippen MR) is 50.1 cm³/mol. The van der Waals surface area contributed by atoms with Gasteiger partial charge >= 0.3 is 0 Å². The van der Waals surface area contributed by atoms with Crippen LogP contribution in [0.15, 0.2) is 12.1 Å². The van der Waals surface area contributed by atoms with Crippen LogP contribution in [0.5, 0.6) is 5.75 Å². The fraction of sp³-hybridized carbons (Fsp3) is 0.300. The molecular weight excluding hydrogens is 166 g/mol. The molecule has 0 saturated heterocycles. The summed E-state index contributed by atoms with van der Waals surface area (Å²) in [5, 5.41) is 0. The van der Waals surface area contributed by atoms with Crippen molar-refractivity contribution in [3.63, 3.8) is 0 Å². The molecule has 0 bridgehead atoms. The Hall–Kier alpha value is -1.51. The zero-order chi connectivity index (χ0) is 9.42. The molecule has 1 aliphatic rings. The molecule has 0 saturated carbocycles. The Labute approximate surface area is 76.5 Å². The van der Waals surface area contributed by atoms with Crippen molar-refractivity contribution >= 4 is 11.5 Å². The Morgan fingerprint density at radius 1 is 1.38 bits per heavy atom. The van der Waals surface area contributed by atoms with Gasteiger partial charge < -0.3 is 10.5 Å². The van der Waals surface area contributed by atoms with Crippen LogP contribution >= 0.6 is 0 Å². The van der Waals surface area contributed by atoms with E-state index in [1.165, 1.54) is 0 Å². The van der Waals surface area contributed by atoms with Gasteiger partial charge in [0.15, 0.2) is 5.78 Å². The first-order chi connectivity index (χ1) is 6.22. The first kappa shape index (κ1) is 8.10. The molecule has 0 heterocycles. The number of rotatable bonds is 1.